The number of fused-ring (bicyclic) bond motifs is 1. The average molecular weight is 545 g/mol. The van der Waals surface area contributed by atoms with Crippen molar-refractivity contribution >= 4 is 34.3 Å². The number of anilines is 1. The van der Waals surface area contributed by atoms with Gasteiger partial charge in [-0.05, 0) is 67.3 Å². The molecule has 1 aromatic heterocycles. The zero-order valence-corrected chi connectivity index (χ0v) is 23.2. The summed E-state index contributed by atoms with van der Waals surface area (Å²) in [5.74, 6) is 0.515. The predicted molar refractivity (Wildman–Crippen MR) is 151 cm³/mol. The fourth-order valence-electron chi connectivity index (χ4n) is 6.90. The van der Waals surface area contributed by atoms with Crippen molar-refractivity contribution in [3.8, 4) is 5.75 Å². The molecule has 0 unspecified atom stereocenters. The van der Waals surface area contributed by atoms with Crippen molar-refractivity contribution in [2.24, 2.45) is 12.5 Å². The fourth-order valence-corrected chi connectivity index (χ4v) is 6.90. The van der Waals surface area contributed by atoms with Gasteiger partial charge in [0.1, 0.15) is 17.6 Å². The Bertz CT molecular complexity index is 1520. The van der Waals surface area contributed by atoms with Gasteiger partial charge in [-0.25, -0.2) is 4.79 Å². The van der Waals surface area contributed by atoms with E-state index in [1.165, 1.54) is 4.90 Å². The maximum absolute atomic E-state index is 13.7. The van der Waals surface area contributed by atoms with Gasteiger partial charge in [-0.15, -0.1) is 0 Å². The zero-order valence-electron chi connectivity index (χ0n) is 23.2. The second-order valence-corrected chi connectivity index (χ2v) is 11.6. The summed E-state index contributed by atoms with van der Waals surface area (Å²) in [6.45, 7) is 1.91. The molecule has 6 rings (SSSR count). The van der Waals surface area contributed by atoms with E-state index in [9.17, 15) is 19.2 Å². The molecule has 0 radical (unpaired) electrons. The lowest BCUT2D eigenvalue weighted by Gasteiger charge is -2.44. The van der Waals surface area contributed by atoms with Gasteiger partial charge in [-0.1, -0.05) is 18.2 Å². The minimum absolute atomic E-state index is 0.157. The Morgan fingerprint density at radius 3 is 2.27 bits per heavy atom. The van der Waals surface area contributed by atoms with Crippen LogP contribution in [0.1, 0.15) is 63.0 Å². The van der Waals surface area contributed by atoms with Crippen LogP contribution in [0.5, 0.6) is 5.75 Å². The number of benzene rings is 2. The third-order valence-corrected chi connectivity index (χ3v) is 9.41. The number of hydrogen-bond donors (Lipinski definition) is 0. The number of ether oxygens (including phenoxy) is 1. The van der Waals surface area contributed by atoms with E-state index in [4.69, 9.17) is 4.74 Å². The van der Waals surface area contributed by atoms with Crippen molar-refractivity contribution in [2.75, 3.05) is 25.1 Å². The first kappa shape index (κ1) is 26.3. The van der Waals surface area contributed by atoms with Crippen LogP contribution in [-0.2, 0) is 28.0 Å². The number of methoxy groups -OCH3 is 1. The lowest BCUT2D eigenvalue weighted by molar-refractivity contribution is -0.151. The number of likely N-dealkylation sites (tertiary alicyclic amines) is 1. The molecule has 9 heteroatoms. The number of aryl methyl sites for hydroxylation is 1. The maximum atomic E-state index is 13.7. The molecular weight excluding hydrogens is 508 g/mol. The molecule has 2 amide bonds. The number of imidazole rings is 1. The van der Waals surface area contributed by atoms with Crippen molar-refractivity contribution in [1.29, 1.82) is 0 Å². The second kappa shape index (κ2) is 10.3. The highest BCUT2D eigenvalue weighted by Gasteiger charge is 2.40. The number of imide groups is 1. The largest absolute Gasteiger partial charge is 0.497 e. The van der Waals surface area contributed by atoms with E-state index in [1.54, 1.807) is 35.4 Å². The lowest BCUT2D eigenvalue weighted by Crippen LogP contribution is -2.47. The van der Waals surface area contributed by atoms with E-state index in [0.29, 0.717) is 36.3 Å². The molecule has 0 bridgehead atoms. The molecule has 0 N–H and O–H groups in total. The van der Waals surface area contributed by atoms with Gasteiger partial charge in [-0.3, -0.25) is 28.4 Å². The Balaban J connectivity index is 1.28. The average Bonchev–Trinajstić information content (AvgIpc) is 3.23. The zero-order chi connectivity index (χ0) is 28.0. The Morgan fingerprint density at radius 1 is 0.900 bits per heavy atom. The number of para-hydroxylation sites is 1. The summed E-state index contributed by atoms with van der Waals surface area (Å²) in [6, 6.07) is 12.4. The van der Waals surface area contributed by atoms with Crippen LogP contribution in [0.2, 0.25) is 0 Å². The molecule has 2 aliphatic heterocycles. The predicted octanol–water partition coefficient (Wildman–Crippen LogP) is 3.97. The van der Waals surface area contributed by atoms with E-state index >= 15 is 0 Å². The van der Waals surface area contributed by atoms with E-state index in [-0.39, 0.29) is 35.9 Å². The molecule has 40 heavy (non-hydrogen) atoms. The van der Waals surface area contributed by atoms with E-state index in [1.807, 2.05) is 24.3 Å². The topological polar surface area (TPSA) is 93.8 Å². The molecule has 3 fully saturated rings. The van der Waals surface area contributed by atoms with Crippen molar-refractivity contribution in [2.45, 2.75) is 64.0 Å². The molecule has 3 aromatic rings. The van der Waals surface area contributed by atoms with E-state index in [2.05, 4.69) is 11.0 Å². The van der Waals surface area contributed by atoms with Gasteiger partial charge in [0.15, 0.2) is 0 Å². The number of nitrogens with zero attached hydrogens (tertiary/aromatic N) is 4. The van der Waals surface area contributed by atoms with E-state index < -0.39 is 6.04 Å². The first-order chi connectivity index (χ1) is 19.3. The van der Waals surface area contributed by atoms with Crippen molar-refractivity contribution in [3.63, 3.8) is 0 Å². The van der Waals surface area contributed by atoms with Gasteiger partial charge in [0.25, 0.3) is 5.91 Å². The highest BCUT2D eigenvalue weighted by molar-refractivity contribution is 6.00. The summed E-state index contributed by atoms with van der Waals surface area (Å²) in [6.07, 6.45) is 5.92. The van der Waals surface area contributed by atoms with E-state index in [0.717, 1.165) is 55.5 Å². The van der Waals surface area contributed by atoms with Crippen LogP contribution >= 0.6 is 0 Å². The molecule has 3 aliphatic rings. The number of ketones is 1. The number of carbonyl (C=O) groups is 3. The van der Waals surface area contributed by atoms with Gasteiger partial charge < -0.3 is 9.64 Å². The summed E-state index contributed by atoms with van der Waals surface area (Å²) < 4.78 is 8.45. The van der Waals surface area contributed by atoms with Crippen molar-refractivity contribution < 1.29 is 19.1 Å². The number of aromatic nitrogens is 2. The lowest BCUT2D eigenvalue weighted by atomic mass is 9.68. The van der Waals surface area contributed by atoms with Crippen LogP contribution in [0, 0.1) is 5.41 Å². The number of amides is 2. The molecule has 1 atom stereocenters. The molecule has 1 aliphatic carbocycles. The van der Waals surface area contributed by atoms with Gasteiger partial charge in [0.2, 0.25) is 5.91 Å². The van der Waals surface area contributed by atoms with Gasteiger partial charge in [-0.2, -0.15) is 0 Å². The SMILES string of the molecule is COc1ccc(CN2C(=O)CC[C@@H](n3c(=O)n(C)c4c(N5CCC6(CCC(=O)CC6)CC5)cccc43)C2=O)cc1. The van der Waals surface area contributed by atoms with Crippen LogP contribution in [-0.4, -0.2) is 51.8 Å². The molecular formula is C31H36N4O5. The maximum Gasteiger partial charge on any atom is 0.329 e. The highest BCUT2D eigenvalue weighted by Crippen LogP contribution is 2.45. The Kier molecular flexibility index (Phi) is 6.76. The summed E-state index contributed by atoms with van der Waals surface area (Å²) in [7, 11) is 3.35. The number of piperidine rings is 2. The standard InChI is InChI=1S/C31H36N4O5/c1-32-28-24(33-18-16-31(17-19-33)14-12-22(36)13-15-31)4-3-5-25(28)35(30(32)39)26-10-11-27(37)34(29(26)38)20-21-6-8-23(40-2)9-7-21/h3-9,26H,10-20H2,1-2H3/t26-/m1/s1. The van der Waals surface area contributed by atoms with Crippen LogP contribution in [0.3, 0.4) is 0 Å². The Labute approximate surface area is 233 Å². The number of hydrogen-bond acceptors (Lipinski definition) is 6. The molecule has 3 heterocycles. The molecule has 9 nitrogen and oxygen atoms in total. The van der Waals surface area contributed by atoms with Gasteiger partial charge in [0.05, 0.1) is 30.4 Å². The van der Waals surface area contributed by atoms with Crippen LogP contribution in [0.15, 0.2) is 47.3 Å². The van der Waals surface area contributed by atoms with Crippen molar-refractivity contribution in [1.82, 2.24) is 14.0 Å². The number of carbonyl (C=O) groups excluding carboxylic acids is 3. The second-order valence-electron chi connectivity index (χ2n) is 11.6. The summed E-state index contributed by atoms with van der Waals surface area (Å²) in [4.78, 5) is 55.7. The minimum atomic E-state index is -0.744. The summed E-state index contributed by atoms with van der Waals surface area (Å²) >= 11 is 0. The quantitative estimate of drug-likeness (QED) is 0.452. The van der Waals surface area contributed by atoms with Crippen LogP contribution in [0.25, 0.3) is 11.0 Å². The molecule has 210 valence electrons. The Morgan fingerprint density at radius 2 is 1.60 bits per heavy atom. The third-order valence-electron chi connectivity index (χ3n) is 9.41. The molecule has 2 aromatic carbocycles. The van der Waals surface area contributed by atoms with Gasteiger partial charge >= 0.3 is 5.69 Å². The first-order valence-corrected chi connectivity index (χ1v) is 14.2. The third kappa shape index (κ3) is 4.51. The number of rotatable bonds is 5. The van der Waals surface area contributed by atoms with Crippen molar-refractivity contribution in [3.05, 3.63) is 58.5 Å². The summed E-state index contributed by atoms with van der Waals surface area (Å²) in [5, 5.41) is 0. The highest BCUT2D eigenvalue weighted by atomic mass is 16.5. The Hall–Kier alpha value is -3.88. The monoisotopic (exact) mass is 544 g/mol. The van der Waals surface area contributed by atoms with Crippen LogP contribution in [0.4, 0.5) is 5.69 Å². The fraction of sp³-hybridized carbons (Fsp3) is 0.484. The summed E-state index contributed by atoms with van der Waals surface area (Å²) in [5.41, 5.74) is 3.34. The molecule has 1 spiro atoms. The van der Waals surface area contributed by atoms with Crippen LogP contribution < -0.4 is 15.3 Å². The molecule has 1 saturated carbocycles. The first-order valence-electron chi connectivity index (χ1n) is 14.2. The molecule has 2 saturated heterocycles. The number of Topliss-reactive ketones (excluding diaryl/α,β-unsaturated/α-hetero) is 1. The van der Waals surface area contributed by atoms with Gasteiger partial charge in [0, 0.05) is 39.4 Å². The smallest absolute Gasteiger partial charge is 0.329 e. The minimum Gasteiger partial charge on any atom is -0.497 e. The normalized spacial score (nSPS) is 21.4.